The maximum atomic E-state index is 10.5. The lowest BCUT2D eigenvalue weighted by atomic mass is 9.83. The van der Waals surface area contributed by atoms with Crippen molar-refractivity contribution in [1.82, 2.24) is 0 Å². The molecule has 27 heavy (non-hydrogen) atoms. The molecule has 3 aromatic rings. The Kier molecular flexibility index (Phi) is 4.98. The molecule has 0 amide bonds. The second kappa shape index (κ2) is 7.37. The first-order valence-corrected chi connectivity index (χ1v) is 8.21. The van der Waals surface area contributed by atoms with Gasteiger partial charge in [0.05, 0.1) is 14.2 Å². The summed E-state index contributed by atoms with van der Waals surface area (Å²) in [5.74, 6) is -0.161. The molecule has 0 unspecified atom stereocenters. The third-order valence-corrected chi connectivity index (χ3v) is 4.40. The normalized spacial score (nSPS) is 10.8. The Morgan fingerprint density at radius 2 is 1.11 bits per heavy atom. The van der Waals surface area contributed by atoms with Crippen molar-refractivity contribution in [3.8, 4) is 34.5 Å². The first-order chi connectivity index (χ1) is 13.0. The maximum absolute atomic E-state index is 10.5. The fourth-order valence-corrected chi connectivity index (χ4v) is 3.20. The van der Waals surface area contributed by atoms with Gasteiger partial charge in [-0.2, -0.15) is 0 Å². The number of benzene rings is 3. The summed E-state index contributed by atoms with van der Waals surface area (Å²) >= 11 is 0. The van der Waals surface area contributed by atoms with Crippen LogP contribution in [-0.4, -0.2) is 34.6 Å². The number of phenols is 4. The van der Waals surface area contributed by atoms with Crippen molar-refractivity contribution in [2.45, 2.75) is 5.92 Å². The molecular weight excluding hydrogens is 348 g/mol. The highest BCUT2D eigenvalue weighted by atomic mass is 16.5. The fraction of sp³-hybridized carbons (Fsp3) is 0.143. The third kappa shape index (κ3) is 3.42. The number of hydrogen-bond donors (Lipinski definition) is 4. The first-order valence-electron chi connectivity index (χ1n) is 8.21. The van der Waals surface area contributed by atoms with E-state index >= 15 is 0 Å². The van der Waals surface area contributed by atoms with Gasteiger partial charge in [0.1, 0.15) is 34.5 Å². The van der Waals surface area contributed by atoms with Crippen molar-refractivity contribution in [3.05, 3.63) is 71.3 Å². The Balaban J connectivity index is 2.35. The third-order valence-electron chi connectivity index (χ3n) is 4.40. The molecule has 0 fully saturated rings. The molecule has 4 N–H and O–H groups in total. The lowest BCUT2D eigenvalue weighted by Gasteiger charge is -2.24. The number of aromatic hydroxyl groups is 4. The topological polar surface area (TPSA) is 99.4 Å². The molecule has 0 spiro atoms. The first kappa shape index (κ1) is 18.3. The van der Waals surface area contributed by atoms with Gasteiger partial charge in [-0.05, 0) is 24.3 Å². The van der Waals surface area contributed by atoms with Crippen molar-refractivity contribution in [3.63, 3.8) is 0 Å². The van der Waals surface area contributed by atoms with E-state index in [2.05, 4.69) is 0 Å². The van der Waals surface area contributed by atoms with E-state index in [9.17, 15) is 20.4 Å². The Labute approximate surface area is 156 Å². The minimum Gasteiger partial charge on any atom is -0.508 e. The second-order valence-corrected chi connectivity index (χ2v) is 6.00. The Hall–Kier alpha value is -3.54. The summed E-state index contributed by atoms with van der Waals surface area (Å²) in [6.07, 6.45) is 0. The number of phenolic OH excluding ortho intramolecular Hbond substituents is 4. The molecule has 0 aromatic heterocycles. The van der Waals surface area contributed by atoms with E-state index in [-0.39, 0.29) is 23.0 Å². The van der Waals surface area contributed by atoms with Crippen molar-refractivity contribution in [2.75, 3.05) is 14.2 Å². The van der Waals surface area contributed by atoms with E-state index in [0.717, 1.165) is 0 Å². The van der Waals surface area contributed by atoms with E-state index in [1.807, 2.05) is 0 Å². The lowest BCUT2D eigenvalue weighted by Crippen LogP contribution is -2.08. The number of ether oxygens (including phenoxy) is 2. The van der Waals surface area contributed by atoms with Crippen LogP contribution >= 0.6 is 0 Å². The van der Waals surface area contributed by atoms with Crippen molar-refractivity contribution < 1.29 is 29.9 Å². The number of rotatable bonds is 5. The molecule has 6 nitrogen and oxygen atoms in total. The second-order valence-electron chi connectivity index (χ2n) is 6.00. The molecule has 140 valence electrons. The standard InChI is InChI=1S/C21H20O6/c1-26-18-4-3-5-19(27-2)21(18)20(14-8-6-12(22)10-16(14)24)15-9-7-13(23)11-17(15)25/h3-11,20,22-25H,1-2H3. The SMILES string of the molecule is COc1cccc(OC)c1C(c1ccc(O)cc1O)c1ccc(O)cc1O. The molecule has 0 aliphatic carbocycles. The van der Waals surface area contributed by atoms with Crippen molar-refractivity contribution >= 4 is 0 Å². The Bertz CT molecular complexity index is 893. The highest BCUT2D eigenvalue weighted by Gasteiger charge is 2.29. The minimum absolute atomic E-state index is 0.0862. The van der Waals surface area contributed by atoms with E-state index in [0.29, 0.717) is 28.2 Å². The Morgan fingerprint density at radius 1 is 0.667 bits per heavy atom. The van der Waals surface area contributed by atoms with Crippen molar-refractivity contribution in [1.29, 1.82) is 0 Å². The zero-order valence-corrected chi connectivity index (χ0v) is 14.9. The van der Waals surface area contributed by atoms with Crippen LogP contribution < -0.4 is 9.47 Å². The van der Waals surface area contributed by atoms with E-state index in [4.69, 9.17) is 9.47 Å². The van der Waals surface area contributed by atoms with Gasteiger partial charge in [-0.25, -0.2) is 0 Å². The predicted molar refractivity (Wildman–Crippen MR) is 100 cm³/mol. The monoisotopic (exact) mass is 368 g/mol. The molecule has 0 aliphatic heterocycles. The van der Waals surface area contributed by atoms with Crippen LogP contribution in [0.4, 0.5) is 0 Å². The van der Waals surface area contributed by atoms with Gasteiger partial charge in [0.2, 0.25) is 0 Å². The van der Waals surface area contributed by atoms with E-state index in [1.165, 1.54) is 38.5 Å². The van der Waals surface area contributed by atoms with Crippen LogP contribution in [0.2, 0.25) is 0 Å². The zero-order valence-electron chi connectivity index (χ0n) is 14.9. The van der Waals surface area contributed by atoms with Crippen LogP contribution in [0.5, 0.6) is 34.5 Å². The lowest BCUT2D eigenvalue weighted by molar-refractivity contribution is 0.382. The molecule has 0 atom stereocenters. The van der Waals surface area contributed by atoms with Crippen molar-refractivity contribution in [2.24, 2.45) is 0 Å². The highest BCUT2D eigenvalue weighted by molar-refractivity contribution is 5.61. The summed E-state index contributed by atoms with van der Waals surface area (Å²) < 4.78 is 11.0. The fourth-order valence-electron chi connectivity index (χ4n) is 3.20. The summed E-state index contributed by atoms with van der Waals surface area (Å²) in [6, 6.07) is 13.7. The van der Waals surface area contributed by atoms with Gasteiger partial charge in [0, 0.05) is 34.7 Å². The summed E-state index contributed by atoms with van der Waals surface area (Å²) in [4.78, 5) is 0. The predicted octanol–water partition coefficient (Wildman–Crippen LogP) is 3.71. The van der Waals surface area contributed by atoms with Crippen LogP contribution in [0.15, 0.2) is 54.6 Å². The summed E-state index contributed by atoms with van der Waals surface area (Å²) in [5, 5.41) is 40.3. The van der Waals surface area contributed by atoms with Gasteiger partial charge in [-0.3, -0.25) is 0 Å². The van der Waals surface area contributed by atoms with E-state index < -0.39 is 5.92 Å². The summed E-state index contributed by atoms with van der Waals surface area (Å²) in [6.45, 7) is 0. The molecule has 0 radical (unpaired) electrons. The van der Waals surface area contributed by atoms with Gasteiger partial charge in [0.15, 0.2) is 0 Å². The quantitative estimate of drug-likeness (QED) is 0.513. The smallest absolute Gasteiger partial charge is 0.126 e. The van der Waals surface area contributed by atoms with Crippen LogP contribution in [0, 0.1) is 0 Å². The van der Waals surface area contributed by atoms with Gasteiger partial charge < -0.3 is 29.9 Å². The molecule has 0 aliphatic rings. The molecule has 3 aromatic carbocycles. The van der Waals surface area contributed by atoms with Gasteiger partial charge in [-0.1, -0.05) is 18.2 Å². The number of hydrogen-bond acceptors (Lipinski definition) is 6. The van der Waals surface area contributed by atoms with Crippen LogP contribution in [0.25, 0.3) is 0 Å². The van der Waals surface area contributed by atoms with Gasteiger partial charge in [0.25, 0.3) is 0 Å². The minimum atomic E-state index is -0.683. The number of methoxy groups -OCH3 is 2. The van der Waals surface area contributed by atoms with Gasteiger partial charge in [-0.15, -0.1) is 0 Å². The Morgan fingerprint density at radius 3 is 1.48 bits per heavy atom. The molecule has 6 heteroatoms. The van der Waals surface area contributed by atoms with Crippen LogP contribution in [0.3, 0.4) is 0 Å². The molecular formula is C21H20O6. The molecule has 0 heterocycles. The summed E-state index contributed by atoms with van der Waals surface area (Å²) in [5.41, 5.74) is 1.44. The average Bonchev–Trinajstić information content (AvgIpc) is 2.64. The molecule has 0 bridgehead atoms. The largest absolute Gasteiger partial charge is 0.508 e. The van der Waals surface area contributed by atoms with Crippen LogP contribution in [-0.2, 0) is 0 Å². The maximum Gasteiger partial charge on any atom is 0.126 e. The zero-order chi connectivity index (χ0) is 19.6. The molecule has 0 saturated carbocycles. The molecule has 0 saturated heterocycles. The molecule has 3 rings (SSSR count). The highest BCUT2D eigenvalue weighted by Crippen LogP contribution is 2.48. The van der Waals surface area contributed by atoms with Gasteiger partial charge >= 0.3 is 0 Å². The summed E-state index contributed by atoms with van der Waals surface area (Å²) in [7, 11) is 3.03. The van der Waals surface area contributed by atoms with Crippen LogP contribution in [0.1, 0.15) is 22.6 Å². The van der Waals surface area contributed by atoms with E-state index in [1.54, 1.807) is 30.3 Å². The average molecular weight is 368 g/mol.